The fourth-order valence-electron chi connectivity index (χ4n) is 2.02. The van der Waals surface area contributed by atoms with Crippen LogP contribution in [0, 0.1) is 17.1 Å². The molecule has 0 aliphatic heterocycles. The van der Waals surface area contributed by atoms with Gasteiger partial charge in [-0.15, -0.1) is 0 Å². The van der Waals surface area contributed by atoms with Gasteiger partial charge in [0.1, 0.15) is 23.0 Å². The average Bonchev–Trinajstić information content (AvgIpc) is 2.84. The van der Waals surface area contributed by atoms with Crippen LogP contribution in [0.3, 0.4) is 0 Å². The summed E-state index contributed by atoms with van der Waals surface area (Å²) in [5.74, 6) is -1.05. The van der Waals surface area contributed by atoms with E-state index in [4.69, 9.17) is 16.9 Å². The largest absolute Gasteiger partial charge is 0.493 e. The van der Waals surface area contributed by atoms with E-state index in [1.807, 2.05) is 6.07 Å². The maximum Gasteiger partial charge on any atom is 0.263 e. The number of nitrogens with one attached hydrogen (secondary N) is 1. The van der Waals surface area contributed by atoms with Gasteiger partial charge in [-0.2, -0.15) is 14.9 Å². The number of rotatable bonds is 1. The molecule has 3 aromatic rings. The molecule has 1 aromatic carbocycles. The van der Waals surface area contributed by atoms with Crippen LogP contribution >= 0.6 is 11.6 Å². The highest BCUT2D eigenvalue weighted by molar-refractivity contribution is 6.33. The number of halogens is 2. The zero-order chi connectivity index (χ0) is 15.1. The summed E-state index contributed by atoms with van der Waals surface area (Å²) < 4.78 is 14.1. The molecule has 8 heteroatoms. The molecule has 0 spiro atoms. The van der Waals surface area contributed by atoms with Gasteiger partial charge in [0.2, 0.25) is 5.88 Å². The molecule has 2 aromatic heterocycles. The molecular formula is C13H6ClFN4O2. The van der Waals surface area contributed by atoms with Crippen LogP contribution in [0.4, 0.5) is 4.39 Å². The van der Waals surface area contributed by atoms with Crippen LogP contribution in [-0.2, 0) is 0 Å². The van der Waals surface area contributed by atoms with Gasteiger partial charge in [0.15, 0.2) is 5.65 Å². The van der Waals surface area contributed by atoms with E-state index in [-0.39, 0.29) is 27.4 Å². The molecule has 2 heterocycles. The first-order valence-corrected chi connectivity index (χ1v) is 6.09. The van der Waals surface area contributed by atoms with Crippen molar-refractivity contribution in [1.82, 2.24) is 14.6 Å². The molecule has 0 saturated carbocycles. The maximum absolute atomic E-state index is 13.1. The molecule has 0 fully saturated rings. The number of hydrogen-bond acceptors (Lipinski definition) is 4. The molecule has 3 rings (SSSR count). The second kappa shape index (κ2) is 4.61. The van der Waals surface area contributed by atoms with Crippen molar-refractivity contribution in [1.29, 1.82) is 5.26 Å². The van der Waals surface area contributed by atoms with Gasteiger partial charge in [-0.1, -0.05) is 11.6 Å². The topological polar surface area (TPSA) is 94.2 Å². The predicted molar refractivity (Wildman–Crippen MR) is 72.6 cm³/mol. The number of nitriles is 1. The summed E-state index contributed by atoms with van der Waals surface area (Å²) in [6.45, 7) is 0. The molecule has 0 aliphatic carbocycles. The Bertz CT molecular complexity index is 971. The third-order valence-electron chi connectivity index (χ3n) is 2.97. The van der Waals surface area contributed by atoms with Crippen LogP contribution in [0.1, 0.15) is 5.56 Å². The van der Waals surface area contributed by atoms with E-state index >= 15 is 0 Å². The van der Waals surface area contributed by atoms with Gasteiger partial charge in [-0.05, 0) is 18.2 Å². The van der Waals surface area contributed by atoms with Crippen molar-refractivity contribution in [3.8, 4) is 23.1 Å². The Morgan fingerprint density at radius 3 is 2.90 bits per heavy atom. The second-order valence-corrected chi connectivity index (χ2v) is 4.61. The number of nitrogens with zero attached hydrogens (tertiary/aromatic N) is 3. The van der Waals surface area contributed by atoms with Crippen molar-refractivity contribution in [2.75, 3.05) is 0 Å². The highest BCUT2D eigenvalue weighted by Gasteiger charge is 2.19. The molecule has 0 bridgehead atoms. The smallest absolute Gasteiger partial charge is 0.263 e. The van der Waals surface area contributed by atoms with E-state index in [0.717, 1.165) is 16.6 Å². The normalized spacial score (nSPS) is 10.7. The number of H-pyrrole nitrogens is 1. The van der Waals surface area contributed by atoms with E-state index in [9.17, 15) is 14.3 Å². The van der Waals surface area contributed by atoms with Crippen molar-refractivity contribution in [2.45, 2.75) is 0 Å². The van der Waals surface area contributed by atoms with Gasteiger partial charge >= 0.3 is 0 Å². The molecule has 0 unspecified atom stereocenters. The van der Waals surface area contributed by atoms with Gasteiger partial charge in [-0.25, -0.2) is 4.39 Å². The second-order valence-electron chi connectivity index (χ2n) is 4.21. The third kappa shape index (κ3) is 1.93. The number of fused-ring (bicyclic) bond motifs is 1. The summed E-state index contributed by atoms with van der Waals surface area (Å²) in [7, 11) is 0. The van der Waals surface area contributed by atoms with E-state index < -0.39 is 17.3 Å². The predicted octanol–water partition coefficient (Wildman–Crippen LogP) is 2.06. The minimum absolute atomic E-state index is 0.0252. The molecule has 6 nitrogen and oxygen atoms in total. The number of benzene rings is 1. The SMILES string of the molecule is N#Cc1cnn2c(O)c(-c3ccc(F)cc3Cl)c(=O)[nH]c12. The zero-order valence-corrected chi connectivity index (χ0v) is 11.0. The molecule has 21 heavy (non-hydrogen) atoms. The number of aromatic amines is 1. The summed E-state index contributed by atoms with van der Waals surface area (Å²) in [4.78, 5) is 14.6. The van der Waals surface area contributed by atoms with E-state index in [0.29, 0.717) is 0 Å². The van der Waals surface area contributed by atoms with Crippen LogP contribution in [0.25, 0.3) is 16.8 Å². The van der Waals surface area contributed by atoms with Crippen molar-refractivity contribution in [3.63, 3.8) is 0 Å². The Morgan fingerprint density at radius 1 is 1.48 bits per heavy atom. The highest BCUT2D eigenvalue weighted by Crippen LogP contribution is 2.32. The van der Waals surface area contributed by atoms with Crippen LogP contribution in [0.2, 0.25) is 5.02 Å². The van der Waals surface area contributed by atoms with E-state index in [1.54, 1.807) is 0 Å². The molecule has 0 atom stereocenters. The van der Waals surface area contributed by atoms with Crippen molar-refractivity contribution >= 4 is 17.2 Å². The lowest BCUT2D eigenvalue weighted by Crippen LogP contribution is -2.13. The van der Waals surface area contributed by atoms with E-state index in [1.165, 1.54) is 12.3 Å². The lowest BCUT2D eigenvalue weighted by Gasteiger charge is -2.07. The van der Waals surface area contributed by atoms with Crippen LogP contribution in [-0.4, -0.2) is 19.7 Å². The molecule has 0 radical (unpaired) electrons. The number of aromatic nitrogens is 3. The van der Waals surface area contributed by atoms with Crippen LogP contribution in [0.5, 0.6) is 5.88 Å². The Kier molecular flexibility index (Phi) is 2.89. The first-order chi connectivity index (χ1) is 10.0. The molecule has 0 saturated heterocycles. The summed E-state index contributed by atoms with van der Waals surface area (Å²) in [6.07, 6.45) is 1.21. The Labute approximate surface area is 121 Å². The Balaban J connectivity index is 2.39. The van der Waals surface area contributed by atoms with Gasteiger partial charge in [-0.3, -0.25) is 4.79 Å². The van der Waals surface area contributed by atoms with Crippen LogP contribution in [0.15, 0.2) is 29.2 Å². The summed E-state index contributed by atoms with van der Waals surface area (Å²) in [5, 5.41) is 22.9. The lowest BCUT2D eigenvalue weighted by atomic mass is 10.1. The molecular weight excluding hydrogens is 299 g/mol. The Hall–Kier alpha value is -2.85. The van der Waals surface area contributed by atoms with Gasteiger partial charge < -0.3 is 10.1 Å². The fraction of sp³-hybridized carbons (Fsp3) is 0. The minimum atomic E-state index is -0.662. The summed E-state index contributed by atoms with van der Waals surface area (Å²) in [5.41, 5.74) is -0.473. The fourth-order valence-corrected chi connectivity index (χ4v) is 2.29. The van der Waals surface area contributed by atoms with Crippen molar-refractivity contribution in [2.24, 2.45) is 0 Å². The monoisotopic (exact) mass is 304 g/mol. The molecule has 2 N–H and O–H groups in total. The maximum atomic E-state index is 13.1. The lowest BCUT2D eigenvalue weighted by molar-refractivity contribution is 0.437. The van der Waals surface area contributed by atoms with Crippen LogP contribution < -0.4 is 5.56 Å². The quantitative estimate of drug-likeness (QED) is 0.719. The standard InChI is InChI=1S/C13H6ClFN4O2/c14-9-3-7(15)1-2-8(9)10-12(20)18-11-6(4-16)5-17-19(11)13(10)21/h1-3,5,21H,(H,18,20). The first-order valence-electron chi connectivity index (χ1n) is 5.71. The Morgan fingerprint density at radius 2 is 2.24 bits per heavy atom. The minimum Gasteiger partial charge on any atom is -0.493 e. The molecule has 0 amide bonds. The van der Waals surface area contributed by atoms with Gasteiger partial charge in [0.05, 0.1) is 11.2 Å². The summed E-state index contributed by atoms with van der Waals surface area (Å²) in [6, 6.07) is 5.27. The summed E-state index contributed by atoms with van der Waals surface area (Å²) >= 11 is 5.91. The average molecular weight is 305 g/mol. The van der Waals surface area contributed by atoms with Crippen molar-refractivity contribution in [3.05, 3.63) is 51.2 Å². The van der Waals surface area contributed by atoms with Gasteiger partial charge in [0.25, 0.3) is 5.56 Å². The van der Waals surface area contributed by atoms with Gasteiger partial charge in [0, 0.05) is 5.56 Å². The number of hydrogen-bond donors (Lipinski definition) is 2. The van der Waals surface area contributed by atoms with Crippen molar-refractivity contribution < 1.29 is 9.50 Å². The zero-order valence-electron chi connectivity index (χ0n) is 10.3. The highest BCUT2D eigenvalue weighted by atomic mass is 35.5. The third-order valence-corrected chi connectivity index (χ3v) is 3.29. The van der Waals surface area contributed by atoms with E-state index in [2.05, 4.69) is 10.1 Å². The molecule has 0 aliphatic rings. The number of aromatic hydroxyl groups is 1. The molecule has 104 valence electrons. The first kappa shape index (κ1) is 13.1.